The molecule has 2 N–H and O–H groups in total. The average molecular weight is 408 g/mol. The van der Waals surface area contributed by atoms with Gasteiger partial charge in [0.15, 0.2) is 0 Å². The van der Waals surface area contributed by atoms with Crippen molar-refractivity contribution in [3.8, 4) is 5.75 Å². The van der Waals surface area contributed by atoms with E-state index in [1.807, 2.05) is 12.1 Å². The van der Waals surface area contributed by atoms with E-state index in [0.717, 1.165) is 37.5 Å². The van der Waals surface area contributed by atoms with Crippen LogP contribution in [0.2, 0.25) is 10.0 Å². The summed E-state index contributed by atoms with van der Waals surface area (Å²) < 4.78 is 5.11. The Morgan fingerprint density at radius 1 is 1.15 bits per heavy atom. The molecule has 1 aliphatic rings. The third-order valence-electron chi connectivity index (χ3n) is 4.65. The minimum Gasteiger partial charge on any atom is -0.495 e. The maximum atomic E-state index is 12.2. The first-order valence-electron chi connectivity index (χ1n) is 8.91. The minimum atomic E-state index is -0.215. The first-order valence-corrected chi connectivity index (χ1v) is 9.67. The summed E-state index contributed by atoms with van der Waals surface area (Å²) in [5, 5.41) is 7.08. The van der Waals surface area contributed by atoms with Crippen LogP contribution >= 0.6 is 23.2 Å². The molecule has 0 radical (unpaired) electrons. The molecular weight excluding hydrogens is 385 g/mol. The van der Waals surface area contributed by atoms with Gasteiger partial charge in [-0.05, 0) is 48.7 Å². The number of methoxy groups -OCH3 is 1. The van der Waals surface area contributed by atoms with Crippen LogP contribution in [0.3, 0.4) is 0 Å². The fraction of sp³-hybridized carbons (Fsp3) is 0.350. The fourth-order valence-electron chi connectivity index (χ4n) is 3.18. The van der Waals surface area contributed by atoms with E-state index in [1.54, 1.807) is 25.3 Å². The molecule has 0 spiro atoms. The van der Waals surface area contributed by atoms with Crippen molar-refractivity contribution in [2.24, 2.45) is 0 Å². The molecular formula is C20H23Cl2N3O2. The molecule has 1 fully saturated rings. The van der Waals surface area contributed by atoms with E-state index in [4.69, 9.17) is 27.9 Å². The average Bonchev–Trinajstić information content (AvgIpc) is 2.65. The predicted molar refractivity (Wildman–Crippen MR) is 110 cm³/mol. The van der Waals surface area contributed by atoms with E-state index in [1.165, 1.54) is 5.56 Å². The molecule has 5 nitrogen and oxygen atoms in total. The van der Waals surface area contributed by atoms with Crippen molar-refractivity contribution in [3.05, 3.63) is 58.1 Å². The summed E-state index contributed by atoms with van der Waals surface area (Å²) in [4.78, 5) is 14.6. The quantitative estimate of drug-likeness (QED) is 0.748. The molecule has 7 heteroatoms. The number of rotatable bonds is 5. The minimum absolute atomic E-state index is 0.167. The molecule has 0 unspecified atom stereocenters. The number of nitrogens with zero attached hydrogens (tertiary/aromatic N) is 1. The molecule has 2 amide bonds. The van der Waals surface area contributed by atoms with E-state index in [2.05, 4.69) is 27.7 Å². The highest BCUT2D eigenvalue weighted by molar-refractivity contribution is 6.32. The molecule has 0 saturated carbocycles. The van der Waals surface area contributed by atoms with Crippen LogP contribution in [0, 0.1) is 0 Å². The lowest BCUT2D eigenvalue weighted by Crippen LogP contribution is -2.45. The number of nitrogens with one attached hydrogen (secondary N) is 2. The Morgan fingerprint density at radius 3 is 2.48 bits per heavy atom. The number of piperidine rings is 1. The number of carbonyl (C=O) groups excluding carboxylic acids is 1. The smallest absolute Gasteiger partial charge is 0.319 e. The Labute approximate surface area is 169 Å². The van der Waals surface area contributed by atoms with Gasteiger partial charge in [-0.25, -0.2) is 4.79 Å². The highest BCUT2D eigenvalue weighted by Crippen LogP contribution is 2.27. The molecule has 1 aliphatic heterocycles. The fourth-order valence-corrected chi connectivity index (χ4v) is 3.56. The number of benzene rings is 2. The van der Waals surface area contributed by atoms with Gasteiger partial charge in [0.25, 0.3) is 0 Å². The second-order valence-electron chi connectivity index (χ2n) is 6.62. The molecule has 1 saturated heterocycles. The predicted octanol–water partition coefficient (Wildman–Crippen LogP) is 4.79. The van der Waals surface area contributed by atoms with Gasteiger partial charge in [-0.2, -0.15) is 0 Å². The molecule has 2 aromatic rings. The summed E-state index contributed by atoms with van der Waals surface area (Å²) in [6.45, 7) is 2.80. The van der Waals surface area contributed by atoms with E-state index in [-0.39, 0.29) is 12.1 Å². The standard InChI is InChI=1S/C20H23Cl2N3O2/c1-27-19-7-6-17(12-18(19)22)24-20(26)23-16-8-10-25(11-9-16)13-14-2-4-15(21)5-3-14/h2-7,12,16H,8-11,13H2,1H3,(H2,23,24,26). The van der Waals surface area contributed by atoms with Crippen molar-refractivity contribution in [2.45, 2.75) is 25.4 Å². The van der Waals surface area contributed by atoms with Crippen molar-refractivity contribution in [3.63, 3.8) is 0 Å². The van der Waals surface area contributed by atoms with Crippen LogP contribution in [0.1, 0.15) is 18.4 Å². The number of likely N-dealkylation sites (tertiary alicyclic amines) is 1. The number of urea groups is 1. The highest BCUT2D eigenvalue weighted by Gasteiger charge is 2.20. The van der Waals surface area contributed by atoms with Gasteiger partial charge in [-0.15, -0.1) is 0 Å². The number of halogens is 2. The number of hydrogen-bond donors (Lipinski definition) is 2. The zero-order valence-corrected chi connectivity index (χ0v) is 16.7. The topological polar surface area (TPSA) is 53.6 Å². The van der Waals surface area contributed by atoms with Crippen LogP contribution in [0.15, 0.2) is 42.5 Å². The first kappa shape index (κ1) is 19.8. The largest absolute Gasteiger partial charge is 0.495 e. The van der Waals surface area contributed by atoms with Gasteiger partial charge >= 0.3 is 6.03 Å². The van der Waals surface area contributed by atoms with Gasteiger partial charge in [-0.3, -0.25) is 4.90 Å². The third-order valence-corrected chi connectivity index (χ3v) is 5.20. The summed E-state index contributed by atoms with van der Waals surface area (Å²) in [5.74, 6) is 0.579. The van der Waals surface area contributed by atoms with Gasteiger partial charge < -0.3 is 15.4 Å². The summed E-state index contributed by atoms with van der Waals surface area (Å²) in [6, 6.07) is 13.1. The number of anilines is 1. The Balaban J connectivity index is 1.43. The Morgan fingerprint density at radius 2 is 1.85 bits per heavy atom. The highest BCUT2D eigenvalue weighted by atomic mass is 35.5. The molecule has 0 bridgehead atoms. The van der Waals surface area contributed by atoms with Crippen molar-refractivity contribution in [2.75, 3.05) is 25.5 Å². The Bertz CT molecular complexity index is 775. The third kappa shape index (κ3) is 5.76. The second-order valence-corrected chi connectivity index (χ2v) is 7.47. The van der Waals surface area contributed by atoms with E-state index in [9.17, 15) is 4.79 Å². The second kappa shape index (κ2) is 9.31. The monoisotopic (exact) mass is 407 g/mol. The molecule has 3 rings (SSSR count). The van der Waals surface area contributed by atoms with Crippen LogP contribution in [-0.4, -0.2) is 37.2 Å². The van der Waals surface area contributed by atoms with E-state index in [0.29, 0.717) is 16.5 Å². The van der Waals surface area contributed by atoms with E-state index >= 15 is 0 Å². The van der Waals surface area contributed by atoms with Crippen LogP contribution in [0.5, 0.6) is 5.75 Å². The molecule has 0 atom stereocenters. The Kier molecular flexibility index (Phi) is 6.83. The molecule has 1 heterocycles. The number of carbonyl (C=O) groups is 1. The van der Waals surface area contributed by atoms with Crippen LogP contribution < -0.4 is 15.4 Å². The molecule has 144 valence electrons. The first-order chi connectivity index (χ1) is 13.0. The zero-order chi connectivity index (χ0) is 19.2. The number of amides is 2. The number of ether oxygens (including phenoxy) is 1. The van der Waals surface area contributed by atoms with Crippen molar-refractivity contribution < 1.29 is 9.53 Å². The van der Waals surface area contributed by atoms with Gasteiger partial charge in [-0.1, -0.05) is 35.3 Å². The van der Waals surface area contributed by atoms with Crippen molar-refractivity contribution >= 4 is 34.9 Å². The van der Waals surface area contributed by atoms with Crippen LogP contribution in [-0.2, 0) is 6.54 Å². The molecule has 27 heavy (non-hydrogen) atoms. The summed E-state index contributed by atoms with van der Waals surface area (Å²) >= 11 is 12.0. The number of hydrogen-bond acceptors (Lipinski definition) is 3. The van der Waals surface area contributed by atoms with Gasteiger partial charge in [0.2, 0.25) is 0 Å². The SMILES string of the molecule is COc1ccc(NC(=O)NC2CCN(Cc3ccc(Cl)cc3)CC2)cc1Cl. The molecule has 0 aromatic heterocycles. The van der Waals surface area contributed by atoms with Crippen molar-refractivity contribution in [1.82, 2.24) is 10.2 Å². The van der Waals surface area contributed by atoms with Crippen molar-refractivity contribution in [1.29, 1.82) is 0 Å². The van der Waals surface area contributed by atoms with Crippen LogP contribution in [0.25, 0.3) is 0 Å². The summed E-state index contributed by atoms with van der Waals surface area (Å²) in [6.07, 6.45) is 1.84. The summed E-state index contributed by atoms with van der Waals surface area (Å²) in [7, 11) is 1.56. The van der Waals surface area contributed by atoms with E-state index < -0.39 is 0 Å². The summed E-state index contributed by atoms with van der Waals surface area (Å²) in [5.41, 5.74) is 1.89. The lowest BCUT2D eigenvalue weighted by atomic mass is 10.0. The van der Waals surface area contributed by atoms with Gasteiger partial charge in [0.05, 0.1) is 12.1 Å². The lowest BCUT2D eigenvalue weighted by molar-refractivity contribution is 0.190. The zero-order valence-electron chi connectivity index (χ0n) is 15.2. The van der Waals surface area contributed by atoms with Gasteiger partial charge in [0.1, 0.15) is 5.75 Å². The molecule has 2 aromatic carbocycles. The normalized spacial score (nSPS) is 15.4. The Hall–Kier alpha value is -1.95. The molecule has 0 aliphatic carbocycles. The maximum absolute atomic E-state index is 12.2. The maximum Gasteiger partial charge on any atom is 0.319 e. The lowest BCUT2D eigenvalue weighted by Gasteiger charge is -2.32. The van der Waals surface area contributed by atoms with Crippen LogP contribution in [0.4, 0.5) is 10.5 Å². The van der Waals surface area contributed by atoms with Gasteiger partial charge in [0, 0.05) is 36.4 Å².